The number of amides is 1. The number of carbonyl (C=O) groups is 1. The summed E-state index contributed by atoms with van der Waals surface area (Å²) >= 11 is 5.99. The zero-order chi connectivity index (χ0) is 13.8. The number of carbonyl (C=O) groups excluding carboxylic acids is 1. The van der Waals surface area contributed by atoms with Gasteiger partial charge in [0.25, 0.3) is 5.91 Å². The first kappa shape index (κ1) is 15.0. The molecule has 0 fully saturated rings. The second-order valence-corrected chi connectivity index (χ2v) is 5.12. The minimum Gasteiger partial charge on any atom is -0.382 e. The van der Waals surface area contributed by atoms with Crippen LogP contribution in [0.5, 0.6) is 0 Å². The lowest BCUT2D eigenvalue weighted by atomic mass is 10.1. The second kappa shape index (κ2) is 6.18. The number of benzene rings is 1. The maximum Gasteiger partial charge on any atom is 0.276 e. The van der Waals surface area contributed by atoms with Gasteiger partial charge in [-0.15, -0.1) is 0 Å². The zero-order valence-electron chi connectivity index (χ0n) is 11.0. The minimum absolute atomic E-state index is 0.370. The minimum atomic E-state index is -0.596. The molecule has 0 saturated heterocycles. The number of halogens is 1. The lowest BCUT2D eigenvalue weighted by Gasteiger charge is -2.23. The van der Waals surface area contributed by atoms with Gasteiger partial charge in [-0.2, -0.15) is 0 Å². The highest BCUT2D eigenvalue weighted by Crippen LogP contribution is 2.18. The van der Waals surface area contributed by atoms with E-state index in [1.54, 1.807) is 19.2 Å². The molecule has 0 atom stereocenters. The molecule has 0 spiro atoms. The molecule has 0 aliphatic carbocycles. The van der Waals surface area contributed by atoms with Gasteiger partial charge in [-0.3, -0.25) is 9.63 Å². The Morgan fingerprint density at radius 2 is 2.11 bits per heavy atom. The highest BCUT2D eigenvalue weighted by Gasteiger charge is 2.21. The summed E-state index contributed by atoms with van der Waals surface area (Å²) in [4.78, 5) is 17.2. The van der Waals surface area contributed by atoms with E-state index in [4.69, 9.17) is 21.2 Å². The van der Waals surface area contributed by atoms with Crippen molar-refractivity contribution in [1.82, 2.24) is 5.48 Å². The molecule has 0 radical (unpaired) electrons. The van der Waals surface area contributed by atoms with Crippen LogP contribution < -0.4 is 5.48 Å². The Morgan fingerprint density at radius 3 is 2.67 bits per heavy atom. The molecule has 18 heavy (non-hydrogen) atoms. The number of rotatable bonds is 5. The van der Waals surface area contributed by atoms with Crippen molar-refractivity contribution in [2.45, 2.75) is 26.4 Å². The average Bonchev–Trinajstić information content (AvgIpc) is 2.26. The van der Waals surface area contributed by atoms with E-state index in [9.17, 15) is 4.79 Å². The van der Waals surface area contributed by atoms with Crippen molar-refractivity contribution in [2.24, 2.45) is 0 Å². The van der Waals surface area contributed by atoms with Crippen LogP contribution in [0.15, 0.2) is 18.2 Å². The first-order valence-corrected chi connectivity index (χ1v) is 5.97. The average molecular weight is 272 g/mol. The number of nitrogens with one attached hydrogen (secondary N) is 1. The van der Waals surface area contributed by atoms with Crippen molar-refractivity contribution in [3.05, 3.63) is 34.3 Å². The van der Waals surface area contributed by atoms with Crippen molar-refractivity contribution in [1.29, 1.82) is 0 Å². The predicted octanol–water partition coefficient (Wildman–Crippen LogP) is 2.73. The molecule has 0 aliphatic rings. The maximum atomic E-state index is 11.9. The summed E-state index contributed by atoms with van der Waals surface area (Å²) in [6.45, 7) is 5.90. The number of hydroxylamine groups is 1. The summed E-state index contributed by atoms with van der Waals surface area (Å²) in [5, 5.41) is 0.403. The van der Waals surface area contributed by atoms with Crippen LogP contribution in [0.4, 0.5) is 0 Å². The monoisotopic (exact) mass is 271 g/mol. The van der Waals surface area contributed by atoms with E-state index in [0.29, 0.717) is 17.2 Å². The van der Waals surface area contributed by atoms with Gasteiger partial charge in [0.05, 0.1) is 17.2 Å². The Balaban J connectivity index is 2.66. The summed E-state index contributed by atoms with van der Waals surface area (Å²) in [6.07, 6.45) is 0. The SMILES string of the molecule is COCC(C)(C)ONC(=O)c1ccc(C)cc1Cl. The van der Waals surface area contributed by atoms with Gasteiger partial charge in [0.1, 0.15) is 5.60 Å². The predicted molar refractivity (Wildman–Crippen MR) is 70.7 cm³/mol. The van der Waals surface area contributed by atoms with Crippen LogP contribution in [0.1, 0.15) is 29.8 Å². The largest absolute Gasteiger partial charge is 0.382 e. The Kier molecular flexibility index (Phi) is 5.14. The molecule has 1 amide bonds. The van der Waals surface area contributed by atoms with Gasteiger partial charge in [-0.05, 0) is 38.5 Å². The molecule has 1 rings (SSSR count). The molecule has 0 aliphatic heterocycles. The first-order valence-electron chi connectivity index (χ1n) is 5.59. The Labute approximate surface area is 112 Å². The molecular weight excluding hydrogens is 254 g/mol. The van der Waals surface area contributed by atoms with Crippen LogP contribution in [0, 0.1) is 6.92 Å². The standard InChI is InChI=1S/C13H18ClNO3/c1-9-5-6-10(11(14)7-9)12(16)15-18-13(2,3)8-17-4/h5-7H,8H2,1-4H3,(H,15,16). The van der Waals surface area contributed by atoms with Gasteiger partial charge >= 0.3 is 0 Å². The molecular formula is C13H18ClNO3. The fourth-order valence-electron chi connectivity index (χ4n) is 1.42. The van der Waals surface area contributed by atoms with Crippen molar-refractivity contribution < 1.29 is 14.4 Å². The molecule has 100 valence electrons. The second-order valence-electron chi connectivity index (χ2n) is 4.71. The lowest BCUT2D eigenvalue weighted by Crippen LogP contribution is -2.39. The van der Waals surface area contributed by atoms with Gasteiger partial charge in [-0.25, -0.2) is 5.48 Å². The molecule has 4 nitrogen and oxygen atoms in total. The summed E-state index contributed by atoms with van der Waals surface area (Å²) in [5.41, 5.74) is 3.17. The summed E-state index contributed by atoms with van der Waals surface area (Å²) in [7, 11) is 1.57. The van der Waals surface area contributed by atoms with Crippen LogP contribution in [0.2, 0.25) is 5.02 Å². The van der Waals surface area contributed by atoms with Crippen molar-refractivity contribution in [3.63, 3.8) is 0 Å². The quantitative estimate of drug-likeness (QED) is 0.838. The topological polar surface area (TPSA) is 47.6 Å². The van der Waals surface area contributed by atoms with E-state index in [1.807, 2.05) is 26.8 Å². The van der Waals surface area contributed by atoms with Gasteiger partial charge in [0, 0.05) is 7.11 Å². The Morgan fingerprint density at radius 1 is 1.44 bits per heavy atom. The summed E-state index contributed by atoms with van der Waals surface area (Å²) in [5.74, 6) is -0.371. The molecule has 0 bridgehead atoms. The number of hydrogen-bond acceptors (Lipinski definition) is 3. The van der Waals surface area contributed by atoms with Gasteiger partial charge < -0.3 is 4.74 Å². The summed E-state index contributed by atoms with van der Waals surface area (Å²) < 4.78 is 4.98. The molecule has 0 saturated carbocycles. The Bertz CT molecular complexity index is 432. The van der Waals surface area contributed by atoms with Crippen LogP contribution in [-0.2, 0) is 9.57 Å². The first-order chi connectivity index (χ1) is 8.35. The fraction of sp³-hybridized carbons (Fsp3) is 0.462. The highest BCUT2D eigenvalue weighted by atomic mass is 35.5. The van der Waals surface area contributed by atoms with E-state index in [-0.39, 0.29) is 5.91 Å². The summed E-state index contributed by atoms with van der Waals surface area (Å²) in [6, 6.07) is 5.22. The molecule has 1 N–H and O–H groups in total. The van der Waals surface area contributed by atoms with E-state index < -0.39 is 5.60 Å². The maximum absolute atomic E-state index is 11.9. The molecule has 0 aromatic heterocycles. The normalized spacial score (nSPS) is 11.4. The Hall–Kier alpha value is -1.10. The molecule has 0 heterocycles. The molecule has 5 heteroatoms. The number of hydrogen-bond donors (Lipinski definition) is 1. The van der Waals surface area contributed by atoms with Crippen molar-refractivity contribution in [3.8, 4) is 0 Å². The van der Waals surface area contributed by atoms with Gasteiger partial charge in [0.2, 0.25) is 0 Å². The zero-order valence-corrected chi connectivity index (χ0v) is 11.8. The van der Waals surface area contributed by atoms with E-state index in [1.165, 1.54) is 0 Å². The third-order valence-corrected chi connectivity index (χ3v) is 2.59. The molecule has 0 unspecified atom stereocenters. The van der Waals surface area contributed by atoms with Gasteiger partial charge in [0.15, 0.2) is 0 Å². The smallest absolute Gasteiger partial charge is 0.276 e. The van der Waals surface area contributed by atoms with E-state index >= 15 is 0 Å². The number of ether oxygens (including phenoxy) is 1. The van der Waals surface area contributed by atoms with Crippen LogP contribution in [-0.4, -0.2) is 25.2 Å². The number of aryl methyl sites for hydroxylation is 1. The van der Waals surface area contributed by atoms with Crippen LogP contribution in [0.25, 0.3) is 0 Å². The third kappa shape index (κ3) is 4.29. The van der Waals surface area contributed by atoms with Crippen molar-refractivity contribution >= 4 is 17.5 Å². The third-order valence-electron chi connectivity index (χ3n) is 2.28. The fourth-order valence-corrected chi connectivity index (χ4v) is 1.74. The molecule has 1 aromatic rings. The van der Waals surface area contributed by atoms with Crippen LogP contribution in [0.3, 0.4) is 0 Å². The van der Waals surface area contributed by atoms with Crippen molar-refractivity contribution in [2.75, 3.05) is 13.7 Å². The van der Waals surface area contributed by atoms with E-state index in [2.05, 4.69) is 5.48 Å². The lowest BCUT2D eigenvalue weighted by molar-refractivity contribution is -0.103. The van der Waals surface area contributed by atoms with Crippen LogP contribution >= 0.6 is 11.6 Å². The van der Waals surface area contributed by atoms with E-state index in [0.717, 1.165) is 5.56 Å². The molecule has 1 aromatic carbocycles. The highest BCUT2D eigenvalue weighted by molar-refractivity contribution is 6.33. The van der Waals surface area contributed by atoms with Gasteiger partial charge in [-0.1, -0.05) is 17.7 Å². The number of methoxy groups -OCH3 is 1.